The standard InChI is InChI=1S/C12H19N3O3/c1-8(2)18-7-6-14-11-9(13)4-5-10(15-11)12(16)17-3/h4-5,8H,6-7,13H2,1-3H3,(H,14,15). The number of methoxy groups -OCH3 is 1. The molecule has 0 saturated heterocycles. The molecule has 0 aromatic carbocycles. The fraction of sp³-hybridized carbons (Fsp3) is 0.500. The van der Waals surface area contributed by atoms with Gasteiger partial charge < -0.3 is 20.5 Å². The van der Waals surface area contributed by atoms with Crippen LogP contribution in [-0.4, -0.2) is 37.3 Å². The van der Waals surface area contributed by atoms with Crippen LogP contribution in [0.15, 0.2) is 12.1 Å². The van der Waals surface area contributed by atoms with Gasteiger partial charge in [0.15, 0.2) is 5.69 Å². The molecule has 18 heavy (non-hydrogen) atoms. The second-order valence-corrected chi connectivity index (χ2v) is 3.97. The minimum atomic E-state index is -0.489. The van der Waals surface area contributed by atoms with Crippen LogP contribution in [0.5, 0.6) is 0 Å². The van der Waals surface area contributed by atoms with Crippen LogP contribution in [0.25, 0.3) is 0 Å². The Bertz CT molecular complexity index is 408. The van der Waals surface area contributed by atoms with Crippen molar-refractivity contribution in [1.82, 2.24) is 4.98 Å². The van der Waals surface area contributed by atoms with Crippen molar-refractivity contribution in [2.75, 3.05) is 31.3 Å². The van der Waals surface area contributed by atoms with Crippen LogP contribution in [0.4, 0.5) is 11.5 Å². The van der Waals surface area contributed by atoms with Crippen LogP contribution in [0, 0.1) is 0 Å². The molecule has 1 heterocycles. The molecule has 0 atom stereocenters. The van der Waals surface area contributed by atoms with Crippen LogP contribution < -0.4 is 11.1 Å². The number of ether oxygens (including phenoxy) is 2. The highest BCUT2D eigenvalue weighted by molar-refractivity contribution is 5.88. The monoisotopic (exact) mass is 253 g/mol. The van der Waals surface area contributed by atoms with E-state index in [0.29, 0.717) is 24.7 Å². The number of nitrogens with two attached hydrogens (primary N) is 1. The second kappa shape index (κ2) is 6.80. The zero-order chi connectivity index (χ0) is 13.5. The Morgan fingerprint density at radius 3 is 2.83 bits per heavy atom. The van der Waals surface area contributed by atoms with Gasteiger partial charge in [-0.05, 0) is 26.0 Å². The third-order valence-electron chi connectivity index (χ3n) is 2.17. The first-order chi connectivity index (χ1) is 8.54. The quantitative estimate of drug-likeness (QED) is 0.587. The summed E-state index contributed by atoms with van der Waals surface area (Å²) in [6.45, 7) is 5.04. The molecule has 0 spiro atoms. The maximum absolute atomic E-state index is 11.3. The number of carbonyl (C=O) groups excluding carboxylic acids is 1. The molecule has 0 aliphatic heterocycles. The van der Waals surface area contributed by atoms with E-state index in [9.17, 15) is 4.79 Å². The smallest absolute Gasteiger partial charge is 0.356 e. The van der Waals surface area contributed by atoms with Crippen LogP contribution in [0.1, 0.15) is 24.3 Å². The lowest BCUT2D eigenvalue weighted by Crippen LogP contribution is -2.16. The van der Waals surface area contributed by atoms with E-state index in [1.54, 1.807) is 6.07 Å². The molecular formula is C12H19N3O3. The SMILES string of the molecule is COC(=O)c1ccc(N)c(NCCOC(C)C)n1. The van der Waals surface area contributed by atoms with E-state index in [0.717, 1.165) is 0 Å². The number of esters is 1. The van der Waals surface area contributed by atoms with Crippen LogP contribution in [0.2, 0.25) is 0 Å². The van der Waals surface area contributed by atoms with Gasteiger partial charge in [0.2, 0.25) is 0 Å². The highest BCUT2D eigenvalue weighted by Crippen LogP contribution is 2.15. The summed E-state index contributed by atoms with van der Waals surface area (Å²) in [4.78, 5) is 15.4. The van der Waals surface area contributed by atoms with Gasteiger partial charge in [-0.3, -0.25) is 0 Å². The Balaban J connectivity index is 2.61. The number of hydrogen-bond acceptors (Lipinski definition) is 6. The third kappa shape index (κ3) is 4.21. The van der Waals surface area contributed by atoms with Crippen LogP contribution in [-0.2, 0) is 9.47 Å². The maximum Gasteiger partial charge on any atom is 0.356 e. The summed E-state index contributed by atoms with van der Waals surface area (Å²) in [6.07, 6.45) is 0.179. The Labute approximate surface area is 106 Å². The van der Waals surface area contributed by atoms with E-state index in [-0.39, 0.29) is 11.8 Å². The van der Waals surface area contributed by atoms with E-state index < -0.39 is 5.97 Å². The van der Waals surface area contributed by atoms with Crippen molar-refractivity contribution in [2.45, 2.75) is 20.0 Å². The normalized spacial score (nSPS) is 10.4. The third-order valence-corrected chi connectivity index (χ3v) is 2.17. The lowest BCUT2D eigenvalue weighted by atomic mass is 10.3. The molecule has 0 aliphatic carbocycles. The number of nitrogens with zero attached hydrogens (tertiary/aromatic N) is 1. The summed E-state index contributed by atoms with van der Waals surface area (Å²) in [6, 6.07) is 3.14. The van der Waals surface area contributed by atoms with E-state index in [4.69, 9.17) is 10.5 Å². The molecule has 0 radical (unpaired) electrons. The lowest BCUT2D eigenvalue weighted by molar-refractivity contribution is 0.0594. The molecule has 0 amide bonds. The number of hydrogen-bond donors (Lipinski definition) is 2. The van der Waals surface area contributed by atoms with Crippen LogP contribution in [0.3, 0.4) is 0 Å². The predicted molar refractivity (Wildman–Crippen MR) is 69.6 cm³/mol. The van der Waals surface area contributed by atoms with Gasteiger partial charge >= 0.3 is 5.97 Å². The number of carbonyl (C=O) groups is 1. The lowest BCUT2D eigenvalue weighted by Gasteiger charge is -2.11. The number of nitrogens with one attached hydrogen (secondary N) is 1. The number of nitrogen functional groups attached to an aromatic ring is 1. The Morgan fingerprint density at radius 2 is 2.22 bits per heavy atom. The molecule has 100 valence electrons. The molecule has 0 unspecified atom stereocenters. The number of anilines is 2. The predicted octanol–water partition coefficient (Wildman–Crippen LogP) is 1.29. The van der Waals surface area contributed by atoms with Crippen molar-refractivity contribution in [2.24, 2.45) is 0 Å². The molecule has 3 N–H and O–H groups in total. The van der Waals surface area contributed by atoms with Gasteiger partial charge in [0.05, 0.1) is 25.5 Å². The zero-order valence-corrected chi connectivity index (χ0v) is 10.9. The van der Waals surface area contributed by atoms with Crippen LogP contribution >= 0.6 is 0 Å². The average Bonchev–Trinajstić information content (AvgIpc) is 2.35. The van der Waals surface area contributed by atoms with E-state index >= 15 is 0 Å². The topological polar surface area (TPSA) is 86.5 Å². The molecule has 6 nitrogen and oxygen atoms in total. The summed E-state index contributed by atoms with van der Waals surface area (Å²) in [5, 5.41) is 3.02. The summed E-state index contributed by atoms with van der Waals surface area (Å²) < 4.78 is 9.97. The molecule has 1 aromatic rings. The van der Waals surface area contributed by atoms with Crippen molar-refractivity contribution >= 4 is 17.5 Å². The maximum atomic E-state index is 11.3. The number of rotatable bonds is 6. The Kier molecular flexibility index (Phi) is 5.38. The first kappa shape index (κ1) is 14.2. The fourth-order valence-corrected chi connectivity index (χ4v) is 1.29. The molecular weight excluding hydrogens is 234 g/mol. The highest BCUT2D eigenvalue weighted by atomic mass is 16.5. The molecule has 6 heteroatoms. The molecule has 0 saturated carbocycles. The first-order valence-electron chi connectivity index (χ1n) is 5.75. The number of pyridine rings is 1. The van der Waals surface area contributed by atoms with Crippen molar-refractivity contribution < 1.29 is 14.3 Å². The van der Waals surface area contributed by atoms with Gasteiger partial charge in [0.1, 0.15) is 5.82 Å². The molecule has 0 fully saturated rings. The van der Waals surface area contributed by atoms with Crippen molar-refractivity contribution in [1.29, 1.82) is 0 Å². The summed E-state index contributed by atoms with van der Waals surface area (Å²) in [5.74, 6) is -0.0262. The zero-order valence-electron chi connectivity index (χ0n) is 10.9. The second-order valence-electron chi connectivity index (χ2n) is 3.97. The van der Waals surface area contributed by atoms with E-state index in [1.165, 1.54) is 13.2 Å². The van der Waals surface area contributed by atoms with Gasteiger partial charge in [0.25, 0.3) is 0 Å². The van der Waals surface area contributed by atoms with Gasteiger partial charge in [-0.15, -0.1) is 0 Å². The Hall–Kier alpha value is -1.82. The van der Waals surface area contributed by atoms with Crippen molar-refractivity contribution in [3.63, 3.8) is 0 Å². The average molecular weight is 253 g/mol. The molecule has 1 rings (SSSR count). The molecule has 1 aromatic heterocycles. The van der Waals surface area contributed by atoms with E-state index in [2.05, 4.69) is 15.0 Å². The summed E-state index contributed by atoms with van der Waals surface area (Å²) >= 11 is 0. The highest BCUT2D eigenvalue weighted by Gasteiger charge is 2.09. The minimum absolute atomic E-state index is 0.179. The molecule has 0 aliphatic rings. The Morgan fingerprint density at radius 1 is 1.50 bits per heavy atom. The largest absolute Gasteiger partial charge is 0.464 e. The van der Waals surface area contributed by atoms with Gasteiger partial charge in [0, 0.05) is 6.54 Å². The summed E-state index contributed by atoms with van der Waals surface area (Å²) in [5.41, 5.74) is 6.46. The fourth-order valence-electron chi connectivity index (χ4n) is 1.29. The summed E-state index contributed by atoms with van der Waals surface area (Å²) in [7, 11) is 1.31. The van der Waals surface area contributed by atoms with Gasteiger partial charge in [-0.2, -0.15) is 0 Å². The van der Waals surface area contributed by atoms with Crippen molar-refractivity contribution in [3.05, 3.63) is 17.8 Å². The number of aromatic nitrogens is 1. The first-order valence-corrected chi connectivity index (χ1v) is 5.75. The van der Waals surface area contributed by atoms with Crippen molar-refractivity contribution in [3.8, 4) is 0 Å². The van der Waals surface area contributed by atoms with Gasteiger partial charge in [-0.1, -0.05) is 0 Å². The van der Waals surface area contributed by atoms with E-state index in [1.807, 2.05) is 13.8 Å². The molecule has 0 bridgehead atoms. The van der Waals surface area contributed by atoms with Gasteiger partial charge in [-0.25, -0.2) is 9.78 Å². The minimum Gasteiger partial charge on any atom is -0.464 e.